The van der Waals surface area contributed by atoms with Crippen LogP contribution in [0.2, 0.25) is 0 Å². The summed E-state index contributed by atoms with van der Waals surface area (Å²) in [5.74, 6) is 0.526. The highest BCUT2D eigenvalue weighted by Crippen LogP contribution is 2.32. The van der Waals surface area contributed by atoms with Gasteiger partial charge in [0, 0.05) is 6.07 Å². The maximum absolute atomic E-state index is 12.0. The maximum Gasteiger partial charge on any atom is 0.328 e. The first kappa shape index (κ1) is 16.3. The van der Waals surface area contributed by atoms with Crippen LogP contribution in [-0.4, -0.2) is 35.0 Å². The fourth-order valence-electron chi connectivity index (χ4n) is 2.08. The highest BCUT2D eigenvalue weighted by molar-refractivity contribution is 6.03. The molecule has 3 N–H and O–H groups in total. The maximum atomic E-state index is 12.0. The quantitative estimate of drug-likeness (QED) is 0.719. The number of aromatic amines is 2. The van der Waals surface area contributed by atoms with E-state index in [2.05, 4.69) is 15.0 Å². The molecule has 1 aromatic carbocycles. The van der Waals surface area contributed by atoms with Crippen molar-refractivity contribution in [1.82, 2.24) is 9.97 Å². The molecule has 0 unspecified atom stereocenters. The number of H-pyrrole nitrogens is 2. The molecular formula is C15H17N3O5. The lowest BCUT2D eigenvalue weighted by Gasteiger charge is -2.09. The fraction of sp³-hybridized carbons (Fsp3) is 0.267. The number of ether oxygens (including phenoxy) is 2. The Bertz CT molecular complexity index is 851. The van der Waals surface area contributed by atoms with Crippen LogP contribution in [0.4, 0.5) is 5.69 Å². The van der Waals surface area contributed by atoms with Crippen LogP contribution in [0.15, 0.2) is 32.8 Å². The van der Waals surface area contributed by atoms with Crippen LogP contribution < -0.4 is 20.7 Å². The van der Waals surface area contributed by atoms with Gasteiger partial charge in [-0.3, -0.25) is 14.8 Å². The third kappa shape index (κ3) is 3.42. The molecule has 8 nitrogen and oxygen atoms in total. The Morgan fingerprint density at radius 3 is 2.52 bits per heavy atom. The second kappa shape index (κ2) is 6.82. The number of nitrogens with zero attached hydrogens (tertiary/aromatic N) is 1. The lowest BCUT2D eigenvalue weighted by molar-refractivity contribution is 0.404. The Labute approximate surface area is 131 Å². The molecule has 122 valence electrons. The van der Waals surface area contributed by atoms with Crippen molar-refractivity contribution in [3.8, 4) is 17.4 Å². The van der Waals surface area contributed by atoms with Crippen molar-refractivity contribution in [2.45, 2.75) is 13.3 Å². The van der Waals surface area contributed by atoms with Gasteiger partial charge < -0.3 is 14.6 Å². The van der Waals surface area contributed by atoms with E-state index in [-0.39, 0.29) is 5.56 Å². The Kier molecular flexibility index (Phi) is 4.85. The van der Waals surface area contributed by atoms with E-state index in [1.165, 1.54) is 14.2 Å². The smallest absolute Gasteiger partial charge is 0.328 e. The number of hydrogen-bond acceptors (Lipinski definition) is 6. The van der Waals surface area contributed by atoms with Crippen LogP contribution >= 0.6 is 0 Å². The van der Waals surface area contributed by atoms with Gasteiger partial charge in [0.2, 0.25) is 5.88 Å². The molecule has 1 heterocycles. The first-order valence-electron chi connectivity index (χ1n) is 6.85. The first-order chi connectivity index (χ1) is 11.0. The minimum absolute atomic E-state index is 0.0861. The predicted molar refractivity (Wildman–Crippen MR) is 85.4 cm³/mol. The summed E-state index contributed by atoms with van der Waals surface area (Å²) in [6.07, 6.45) is 0.350. The van der Waals surface area contributed by atoms with E-state index in [9.17, 15) is 14.7 Å². The Morgan fingerprint density at radius 1 is 1.22 bits per heavy atom. The van der Waals surface area contributed by atoms with E-state index in [4.69, 9.17) is 9.47 Å². The van der Waals surface area contributed by atoms with Crippen molar-refractivity contribution in [2.75, 3.05) is 14.2 Å². The van der Waals surface area contributed by atoms with Crippen LogP contribution in [-0.2, 0) is 0 Å². The monoisotopic (exact) mass is 319 g/mol. The zero-order valence-electron chi connectivity index (χ0n) is 13.0. The number of nitrogens with one attached hydrogen (secondary N) is 2. The van der Waals surface area contributed by atoms with Gasteiger partial charge in [-0.1, -0.05) is 6.92 Å². The van der Waals surface area contributed by atoms with Crippen LogP contribution in [0, 0.1) is 0 Å². The molecule has 0 aliphatic rings. The average molecular weight is 319 g/mol. The average Bonchev–Trinajstić information content (AvgIpc) is 2.52. The van der Waals surface area contributed by atoms with Gasteiger partial charge in [0.15, 0.2) is 0 Å². The molecule has 0 saturated heterocycles. The van der Waals surface area contributed by atoms with E-state index in [0.29, 0.717) is 29.3 Å². The summed E-state index contributed by atoms with van der Waals surface area (Å²) in [4.78, 5) is 31.7. The summed E-state index contributed by atoms with van der Waals surface area (Å²) >= 11 is 0. The molecule has 0 atom stereocenters. The Hall–Kier alpha value is -3.03. The number of rotatable bonds is 5. The molecule has 0 bridgehead atoms. The van der Waals surface area contributed by atoms with Crippen LogP contribution in [0.5, 0.6) is 17.4 Å². The lowest BCUT2D eigenvalue weighted by Crippen LogP contribution is -2.27. The molecule has 0 aliphatic heterocycles. The molecule has 2 aromatic rings. The predicted octanol–water partition coefficient (Wildman–Crippen LogP) is 1.32. The molecule has 23 heavy (non-hydrogen) atoms. The largest absolute Gasteiger partial charge is 0.497 e. The molecule has 0 saturated carbocycles. The van der Waals surface area contributed by atoms with Gasteiger partial charge in [-0.05, 0) is 18.6 Å². The first-order valence-corrected chi connectivity index (χ1v) is 6.85. The Morgan fingerprint density at radius 2 is 1.96 bits per heavy atom. The normalized spacial score (nSPS) is 11.3. The van der Waals surface area contributed by atoms with Gasteiger partial charge in [-0.15, -0.1) is 0 Å². The van der Waals surface area contributed by atoms with E-state index in [1.807, 2.05) is 0 Å². The highest BCUT2D eigenvalue weighted by atomic mass is 16.5. The molecule has 0 spiro atoms. The molecule has 8 heteroatoms. The van der Waals surface area contributed by atoms with E-state index < -0.39 is 17.1 Å². The van der Waals surface area contributed by atoms with E-state index >= 15 is 0 Å². The molecule has 0 radical (unpaired) electrons. The summed E-state index contributed by atoms with van der Waals surface area (Å²) < 4.78 is 10.4. The summed E-state index contributed by atoms with van der Waals surface area (Å²) in [5, 5.41) is 9.87. The zero-order valence-corrected chi connectivity index (χ0v) is 13.0. The second-order valence-corrected chi connectivity index (χ2v) is 4.58. The van der Waals surface area contributed by atoms with Crippen molar-refractivity contribution < 1.29 is 14.6 Å². The fourth-order valence-corrected chi connectivity index (χ4v) is 2.08. The van der Waals surface area contributed by atoms with Crippen LogP contribution in [0.3, 0.4) is 0 Å². The third-order valence-corrected chi connectivity index (χ3v) is 3.19. The second-order valence-electron chi connectivity index (χ2n) is 4.58. The standard InChI is InChI=1S/C15H17N3O5/c1-4-9(12-13(19)17-15(21)18-14(12)20)16-10-7-8(22-2)5-6-11(10)23-3/h5-7H,4H2,1-3H3,(H3,17,18,19,20,21). The summed E-state index contributed by atoms with van der Waals surface area (Å²) in [7, 11) is 3.02. The number of aliphatic imine (C=N–C) groups is 1. The van der Waals surface area contributed by atoms with E-state index in [0.717, 1.165) is 0 Å². The zero-order chi connectivity index (χ0) is 17.0. The summed E-state index contributed by atoms with van der Waals surface area (Å²) in [6, 6.07) is 5.04. The number of methoxy groups -OCH3 is 2. The van der Waals surface area contributed by atoms with E-state index in [1.54, 1.807) is 25.1 Å². The highest BCUT2D eigenvalue weighted by Gasteiger charge is 2.15. The molecule has 0 fully saturated rings. The van der Waals surface area contributed by atoms with Gasteiger partial charge in [0.05, 0.1) is 19.9 Å². The van der Waals surface area contributed by atoms with Crippen molar-refractivity contribution in [3.63, 3.8) is 0 Å². The number of aromatic hydroxyl groups is 1. The van der Waals surface area contributed by atoms with Gasteiger partial charge in [-0.25, -0.2) is 9.79 Å². The molecule has 0 amide bonds. The van der Waals surface area contributed by atoms with Gasteiger partial charge in [0.1, 0.15) is 22.7 Å². The summed E-state index contributed by atoms with van der Waals surface area (Å²) in [5.41, 5.74) is -0.850. The van der Waals surface area contributed by atoms with Gasteiger partial charge >= 0.3 is 5.69 Å². The minimum atomic E-state index is -0.786. The molecule has 1 aromatic heterocycles. The van der Waals surface area contributed by atoms with Gasteiger partial charge in [0.25, 0.3) is 5.56 Å². The Balaban J connectivity index is 2.65. The van der Waals surface area contributed by atoms with Crippen molar-refractivity contribution in [1.29, 1.82) is 0 Å². The van der Waals surface area contributed by atoms with Crippen molar-refractivity contribution in [2.24, 2.45) is 4.99 Å². The minimum Gasteiger partial charge on any atom is -0.497 e. The number of benzene rings is 1. The third-order valence-electron chi connectivity index (χ3n) is 3.19. The van der Waals surface area contributed by atoms with Gasteiger partial charge in [-0.2, -0.15) is 0 Å². The topological polar surface area (TPSA) is 117 Å². The van der Waals surface area contributed by atoms with Crippen LogP contribution in [0.1, 0.15) is 18.9 Å². The van der Waals surface area contributed by atoms with Crippen molar-refractivity contribution in [3.05, 3.63) is 44.6 Å². The van der Waals surface area contributed by atoms with Crippen molar-refractivity contribution >= 4 is 11.4 Å². The number of hydrogen-bond donors (Lipinski definition) is 3. The summed E-state index contributed by atoms with van der Waals surface area (Å²) in [6.45, 7) is 1.77. The molecule has 2 rings (SSSR count). The molecular weight excluding hydrogens is 302 g/mol. The number of aromatic nitrogens is 2. The molecule has 0 aliphatic carbocycles. The lowest BCUT2D eigenvalue weighted by atomic mass is 10.1. The SMILES string of the molecule is CCC(=Nc1cc(OC)ccc1OC)c1c(O)[nH]c(=O)[nH]c1=O. The van der Waals surface area contributed by atoms with Crippen LogP contribution in [0.25, 0.3) is 0 Å².